The third-order valence-electron chi connectivity index (χ3n) is 2.41. The molecule has 0 aliphatic heterocycles. The average Bonchev–Trinajstić information content (AvgIpc) is 2.78. The number of nitrogens with zero attached hydrogens (tertiary/aromatic N) is 1. The van der Waals surface area contributed by atoms with Gasteiger partial charge >= 0.3 is 0 Å². The van der Waals surface area contributed by atoms with Crippen LogP contribution in [0.3, 0.4) is 0 Å². The van der Waals surface area contributed by atoms with E-state index >= 15 is 0 Å². The van der Waals surface area contributed by atoms with E-state index in [9.17, 15) is 0 Å². The highest BCUT2D eigenvalue weighted by atomic mass is 35.5. The van der Waals surface area contributed by atoms with Crippen molar-refractivity contribution in [2.75, 3.05) is 0 Å². The highest BCUT2D eigenvalue weighted by Gasteiger charge is 2.05. The summed E-state index contributed by atoms with van der Waals surface area (Å²) < 4.78 is 0. The lowest BCUT2D eigenvalue weighted by Crippen LogP contribution is -2.17. The Hall–Kier alpha value is -0.900. The van der Waals surface area contributed by atoms with Gasteiger partial charge in [-0.25, -0.2) is 0 Å². The summed E-state index contributed by atoms with van der Waals surface area (Å²) in [5.74, 6) is 0. The van der Waals surface area contributed by atoms with Crippen LogP contribution < -0.4 is 5.32 Å². The molecule has 0 saturated carbocycles. The van der Waals surface area contributed by atoms with Gasteiger partial charge in [-0.15, -0.1) is 11.3 Å². The Morgan fingerprint density at radius 2 is 2.38 bits per heavy atom. The maximum Gasteiger partial charge on any atom is 0.0794 e. The molecule has 2 nitrogen and oxygen atoms in total. The smallest absolute Gasteiger partial charge is 0.0794 e. The fourth-order valence-corrected chi connectivity index (χ4v) is 2.22. The van der Waals surface area contributed by atoms with Crippen molar-refractivity contribution in [1.82, 2.24) is 10.3 Å². The Labute approximate surface area is 104 Å². The quantitative estimate of drug-likeness (QED) is 0.899. The highest BCUT2D eigenvalue weighted by Crippen LogP contribution is 2.18. The van der Waals surface area contributed by atoms with Gasteiger partial charge in [-0.1, -0.05) is 23.7 Å². The normalized spacial score (nSPS) is 12.6. The molecule has 1 atom stereocenters. The molecule has 16 heavy (non-hydrogen) atoms. The predicted molar refractivity (Wildman–Crippen MR) is 68.8 cm³/mol. The molecule has 0 aliphatic rings. The Morgan fingerprint density at radius 3 is 3.06 bits per heavy atom. The van der Waals surface area contributed by atoms with E-state index in [1.165, 1.54) is 10.4 Å². The van der Waals surface area contributed by atoms with Crippen LogP contribution >= 0.6 is 22.9 Å². The van der Waals surface area contributed by atoms with E-state index in [1.807, 2.05) is 29.9 Å². The largest absolute Gasteiger partial charge is 0.305 e. The van der Waals surface area contributed by atoms with Gasteiger partial charge in [0.25, 0.3) is 0 Å². The van der Waals surface area contributed by atoms with E-state index < -0.39 is 0 Å². The van der Waals surface area contributed by atoms with Crippen LogP contribution in [0.5, 0.6) is 0 Å². The maximum absolute atomic E-state index is 5.95. The van der Waals surface area contributed by atoms with Gasteiger partial charge in [-0.2, -0.15) is 0 Å². The van der Waals surface area contributed by atoms with Gasteiger partial charge in [0.2, 0.25) is 0 Å². The van der Waals surface area contributed by atoms with E-state index in [4.69, 9.17) is 11.6 Å². The van der Waals surface area contributed by atoms with E-state index in [0.717, 1.165) is 11.6 Å². The minimum Gasteiger partial charge on any atom is -0.305 e. The van der Waals surface area contributed by atoms with Gasteiger partial charge in [-0.3, -0.25) is 4.98 Å². The highest BCUT2D eigenvalue weighted by molar-refractivity contribution is 7.09. The second-order valence-electron chi connectivity index (χ2n) is 3.63. The molecular weight excluding hydrogens is 240 g/mol. The molecule has 0 saturated heterocycles. The number of halogens is 1. The van der Waals surface area contributed by atoms with Gasteiger partial charge in [-0.05, 0) is 24.6 Å². The van der Waals surface area contributed by atoms with Gasteiger partial charge in [0.05, 0.1) is 5.51 Å². The number of rotatable bonds is 4. The van der Waals surface area contributed by atoms with Crippen molar-refractivity contribution in [3.05, 3.63) is 51.4 Å². The molecule has 2 rings (SSSR count). The van der Waals surface area contributed by atoms with Crippen molar-refractivity contribution in [2.24, 2.45) is 0 Å². The van der Waals surface area contributed by atoms with Gasteiger partial charge in [0.1, 0.15) is 0 Å². The standard InChI is InChI=1S/C12H13ClN2S/c1-9(10-3-2-4-11(13)5-10)15-7-12-6-14-8-16-12/h2-6,8-9,15H,7H2,1H3. The monoisotopic (exact) mass is 252 g/mol. The van der Waals surface area contributed by atoms with Crippen LogP contribution in [0.1, 0.15) is 23.4 Å². The van der Waals surface area contributed by atoms with Crippen LogP contribution in [0.4, 0.5) is 0 Å². The summed E-state index contributed by atoms with van der Waals surface area (Å²) in [5, 5.41) is 4.22. The zero-order chi connectivity index (χ0) is 11.4. The second-order valence-corrected chi connectivity index (χ2v) is 5.03. The Balaban J connectivity index is 1.95. The molecule has 0 spiro atoms. The van der Waals surface area contributed by atoms with Gasteiger partial charge in [0.15, 0.2) is 0 Å². The van der Waals surface area contributed by atoms with Crippen LogP contribution in [0.2, 0.25) is 5.02 Å². The van der Waals surface area contributed by atoms with Crippen LogP contribution in [0.15, 0.2) is 36.0 Å². The summed E-state index contributed by atoms with van der Waals surface area (Å²) in [6, 6.07) is 8.23. The number of aromatic nitrogens is 1. The average molecular weight is 253 g/mol. The first-order chi connectivity index (χ1) is 7.75. The molecule has 1 N–H and O–H groups in total. The number of nitrogens with one attached hydrogen (secondary N) is 1. The summed E-state index contributed by atoms with van der Waals surface area (Å²) in [7, 11) is 0. The zero-order valence-corrected chi connectivity index (χ0v) is 10.6. The van der Waals surface area contributed by atoms with Crippen molar-refractivity contribution in [1.29, 1.82) is 0 Å². The topological polar surface area (TPSA) is 24.9 Å². The minimum atomic E-state index is 0.292. The summed E-state index contributed by atoms with van der Waals surface area (Å²) in [5.41, 5.74) is 3.05. The molecule has 0 bridgehead atoms. The molecule has 1 aromatic carbocycles. The number of hydrogen-bond acceptors (Lipinski definition) is 3. The molecule has 0 aliphatic carbocycles. The van der Waals surface area contributed by atoms with E-state index in [1.54, 1.807) is 11.3 Å². The summed E-state index contributed by atoms with van der Waals surface area (Å²) >= 11 is 7.62. The summed E-state index contributed by atoms with van der Waals surface area (Å²) in [6.07, 6.45) is 1.89. The lowest BCUT2D eigenvalue weighted by molar-refractivity contribution is 0.578. The molecule has 0 fully saturated rings. The molecule has 84 valence electrons. The zero-order valence-electron chi connectivity index (χ0n) is 8.98. The third-order valence-corrected chi connectivity index (χ3v) is 3.43. The number of benzene rings is 1. The van der Waals surface area contributed by atoms with Crippen molar-refractivity contribution in [3.63, 3.8) is 0 Å². The first kappa shape index (κ1) is 11.6. The van der Waals surface area contributed by atoms with E-state index in [0.29, 0.717) is 6.04 Å². The van der Waals surface area contributed by atoms with Crippen LogP contribution in [-0.4, -0.2) is 4.98 Å². The van der Waals surface area contributed by atoms with Gasteiger partial charge in [0, 0.05) is 28.7 Å². The van der Waals surface area contributed by atoms with Gasteiger partial charge < -0.3 is 5.32 Å². The minimum absolute atomic E-state index is 0.292. The first-order valence-electron chi connectivity index (χ1n) is 5.12. The molecule has 2 aromatic rings. The van der Waals surface area contributed by atoms with E-state index in [2.05, 4.69) is 23.3 Å². The van der Waals surface area contributed by atoms with Crippen LogP contribution in [0.25, 0.3) is 0 Å². The van der Waals surface area contributed by atoms with Crippen LogP contribution in [-0.2, 0) is 6.54 Å². The molecular formula is C12H13ClN2S. The molecule has 4 heteroatoms. The molecule has 1 heterocycles. The SMILES string of the molecule is CC(NCc1cncs1)c1cccc(Cl)c1. The van der Waals surface area contributed by atoms with Crippen molar-refractivity contribution < 1.29 is 0 Å². The van der Waals surface area contributed by atoms with Crippen molar-refractivity contribution >= 4 is 22.9 Å². The Morgan fingerprint density at radius 1 is 1.50 bits per heavy atom. The summed E-state index contributed by atoms with van der Waals surface area (Å²) in [4.78, 5) is 5.29. The number of thiazole rings is 1. The van der Waals surface area contributed by atoms with Crippen LogP contribution in [0, 0.1) is 0 Å². The molecule has 1 aromatic heterocycles. The van der Waals surface area contributed by atoms with Crippen molar-refractivity contribution in [3.8, 4) is 0 Å². The molecule has 1 unspecified atom stereocenters. The lowest BCUT2D eigenvalue weighted by atomic mass is 10.1. The summed E-state index contributed by atoms with van der Waals surface area (Å²) in [6.45, 7) is 2.98. The molecule has 0 radical (unpaired) electrons. The molecule has 0 amide bonds. The predicted octanol–water partition coefficient (Wildman–Crippen LogP) is 3.65. The number of hydrogen-bond donors (Lipinski definition) is 1. The second kappa shape index (κ2) is 5.43. The third kappa shape index (κ3) is 3.04. The first-order valence-corrected chi connectivity index (χ1v) is 6.37. The Kier molecular flexibility index (Phi) is 3.93. The van der Waals surface area contributed by atoms with Crippen molar-refractivity contribution in [2.45, 2.75) is 19.5 Å². The lowest BCUT2D eigenvalue weighted by Gasteiger charge is -2.13. The van der Waals surface area contributed by atoms with E-state index in [-0.39, 0.29) is 0 Å². The fraction of sp³-hybridized carbons (Fsp3) is 0.250. The fourth-order valence-electron chi connectivity index (χ4n) is 1.48. The maximum atomic E-state index is 5.95. The Bertz CT molecular complexity index is 442.